The Hall–Kier alpha value is -2.04. The molecule has 0 radical (unpaired) electrons. The Balaban J connectivity index is 1.90. The molecule has 2 aromatic heterocycles. The molecule has 4 aromatic rings. The highest BCUT2D eigenvalue weighted by molar-refractivity contribution is 9.10. The number of halogens is 1. The molecule has 104 valence electrons. The van der Waals surface area contributed by atoms with E-state index in [1.165, 1.54) is 10.8 Å². The molecule has 1 unspecified atom stereocenters. The number of nitrogens with one attached hydrogen (secondary N) is 1. The van der Waals surface area contributed by atoms with E-state index in [-0.39, 0.29) is 6.04 Å². The molecule has 3 N–H and O–H groups in total. The summed E-state index contributed by atoms with van der Waals surface area (Å²) in [5, 5.41) is 2.41. The first kappa shape index (κ1) is 12.7. The van der Waals surface area contributed by atoms with Gasteiger partial charge in [-0.05, 0) is 45.8 Å². The highest BCUT2D eigenvalue weighted by atomic mass is 79.9. The molecule has 0 amide bonds. The van der Waals surface area contributed by atoms with Gasteiger partial charge in [-0.25, -0.2) is 0 Å². The van der Waals surface area contributed by atoms with Gasteiger partial charge in [-0.1, -0.05) is 24.3 Å². The van der Waals surface area contributed by atoms with Crippen LogP contribution in [0.1, 0.15) is 17.2 Å². The number of aromatic nitrogens is 1. The molecule has 4 rings (SSSR count). The molecule has 0 spiro atoms. The van der Waals surface area contributed by atoms with E-state index in [0.29, 0.717) is 4.67 Å². The van der Waals surface area contributed by atoms with Gasteiger partial charge in [0.25, 0.3) is 0 Å². The Morgan fingerprint density at radius 3 is 2.62 bits per heavy atom. The third-order valence-electron chi connectivity index (χ3n) is 3.87. The predicted octanol–water partition coefficient (Wildman–Crippen LogP) is 4.72. The van der Waals surface area contributed by atoms with Crippen LogP contribution in [0.2, 0.25) is 0 Å². The number of nitrogens with two attached hydrogens (primary N) is 1. The molecule has 4 heteroatoms. The smallest absolute Gasteiger partial charge is 0.174 e. The average molecular weight is 341 g/mol. The molecule has 2 aromatic carbocycles. The highest BCUT2D eigenvalue weighted by Crippen LogP contribution is 2.31. The summed E-state index contributed by atoms with van der Waals surface area (Å²) in [6, 6.07) is 16.3. The second kappa shape index (κ2) is 4.76. The lowest BCUT2D eigenvalue weighted by molar-refractivity contribution is 0.535. The van der Waals surface area contributed by atoms with Gasteiger partial charge in [0.15, 0.2) is 4.67 Å². The topological polar surface area (TPSA) is 55.0 Å². The summed E-state index contributed by atoms with van der Waals surface area (Å²) < 4.78 is 5.97. The van der Waals surface area contributed by atoms with Crippen LogP contribution in [0.25, 0.3) is 21.8 Å². The molecule has 0 aliphatic carbocycles. The second-order valence-corrected chi connectivity index (χ2v) is 5.82. The first-order chi connectivity index (χ1) is 10.2. The van der Waals surface area contributed by atoms with E-state index in [2.05, 4.69) is 57.3 Å². The van der Waals surface area contributed by atoms with Crippen LogP contribution >= 0.6 is 15.9 Å². The van der Waals surface area contributed by atoms with Crippen molar-refractivity contribution in [1.82, 2.24) is 4.98 Å². The zero-order chi connectivity index (χ0) is 14.4. The van der Waals surface area contributed by atoms with Crippen molar-refractivity contribution in [1.29, 1.82) is 0 Å². The lowest BCUT2D eigenvalue weighted by Gasteiger charge is -2.11. The number of hydrogen-bond acceptors (Lipinski definition) is 2. The van der Waals surface area contributed by atoms with E-state index in [0.717, 1.165) is 22.2 Å². The monoisotopic (exact) mass is 340 g/mol. The van der Waals surface area contributed by atoms with E-state index in [9.17, 15) is 0 Å². The normalized spacial score (nSPS) is 13.0. The molecule has 0 bridgehead atoms. The Labute approximate surface area is 129 Å². The van der Waals surface area contributed by atoms with Crippen LogP contribution in [-0.4, -0.2) is 4.98 Å². The maximum Gasteiger partial charge on any atom is 0.174 e. The molecule has 3 nitrogen and oxygen atoms in total. The molecule has 0 saturated carbocycles. The van der Waals surface area contributed by atoms with Crippen LogP contribution in [0.15, 0.2) is 63.9 Å². The predicted molar refractivity (Wildman–Crippen MR) is 88.2 cm³/mol. The molecule has 0 aliphatic rings. The Kier molecular flexibility index (Phi) is 2.87. The third kappa shape index (κ3) is 1.99. The van der Waals surface area contributed by atoms with Crippen molar-refractivity contribution in [3.63, 3.8) is 0 Å². The molecule has 0 saturated heterocycles. The lowest BCUT2D eigenvalue weighted by Crippen LogP contribution is -2.11. The van der Waals surface area contributed by atoms with Crippen LogP contribution in [0.4, 0.5) is 0 Å². The Morgan fingerprint density at radius 1 is 1.00 bits per heavy atom. The molecule has 0 fully saturated rings. The van der Waals surface area contributed by atoms with Crippen LogP contribution < -0.4 is 5.73 Å². The van der Waals surface area contributed by atoms with Crippen molar-refractivity contribution in [3.05, 3.63) is 70.6 Å². The lowest BCUT2D eigenvalue weighted by atomic mass is 10.00. The molecular weight excluding hydrogens is 328 g/mol. The van der Waals surface area contributed by atoms with E-state index < -0.39 is 0 Å². The Bertz CT molecular complexity index is 938. The van der Waals surface area contributed by atoms with Crippen molar-refractivity contribution in [2.24, 2.45) is 5.73 Å². The van der Waals surface area contributed by atoms with Crippen LogP contribution in [0, 0.1) is 0 Å². The summed E-state index contributed by atoms with van der Waals surface area (Å²) in [4.78, 5) is 3.42. The standard InChI is InChI=1S/C17H13BrN2O/c18-17-12(7-8-21-17)16(19)10-5-6-15-13(9-10)11-3-1-2-4-14(11)20-15/h1-9,16,20H,19H2. The van der Waals surface area contributed by atoms with E-state index in [1.807, 2.05) is 12.1 Å². The van der Waals surface area contributed by atoms with Gasteiger partial charge >= 0.3 is 0 Å². The van der Waals surface area contributed by atoms with Gasteiger partial charge < -0.3 is 15.1 Å². The van der Waals surface area contributed by atoms with Gasteiger partial charge in [0, 0.05) is 27.4 Å². The van der Waals surface area contributed by atoms with Gasteiger partial charge in [0.1, 0.15) is 0 Å². The highest BCUT2D eigenvalue weighted by Gasteiger charge is 2.15. The van der Waals surface area contributed by atoms with E-state index in [4.69, 9.17) is 10.2 Å². The summed E-state index contributed by atoms with van der Waals surface area (Å²) in [5.74, 6) is 0. The van der Waals surface area contributed by atoms with Crippen molar-refractivity contribution in [2.45, 2.75) is 6.04 Å². The second-order valence-electron chi connectivity index (χ2n) is 5.10. The number of rotatable bonds is 2. The van der Waals surface area contributed by atoms with Crippen LogP contribution in [0.3, 0.4) is 0 Å². The summed E-state index contributed by atoms with van der Waals surface area (Å²) in [5.41, 5.74) is 10.6. The molecule has 0 aliphatic heterocycles. The van der Waals surface area contributed by atoms with Gasteiger partial charge in [0.2, 0.25) is 0 Å². The first-order valence-corrected chi connectivity index (χ1v) is 7.52. The fraction of sp³-hybridized carbons (Fsp3) is 0.0588. The van der Waals surface area contributed by atoms with Crippen molar-refractivity contribution < 1.29 is 4.42 Å². The van der Waals surface area contributed by atoms with Crippen LogP contribution in [-0.2, 0) is 0 Å². The average Bonchev–Trinajstić information content (AvgIpc) is 3.09. The number of furan rings is 1. The first-order valence-electron chi connectivity index (χ1n) is 6.73. The molecule has 1 atom stereocenters. The summed E-state index contributed by atoms with van der Waals surface area (Å²) in [6.07, 6.45) is 1.64. The zero-order valence-electron chi connectivity index (χ0n) is 11.1. The summed E-state index contributed by atoms with van der Waals surface area (Å²) >= 11 is 3.39. The number of para-hydroxylation sites is 1. The molecular formula is C17H13BrN2O. The summed E-state index contributed by atoms with van der Waals surface area (Å²) in [7, 11) is 0. The third-order valence-corrected chi connectivity index (χ3v) is 4.52. The number of benzene rings is 2. The number of aromatic amines is 1. The minimum absolute atomic E-state index is 0.212. The van der Waals surface area contributed by atoms with Gasteiger partial charge in [-0.2, -0.15) is 0 Å². The van der Waals surface area contributed by atoms with Crippen molar-refractivity contribution in [2.75, 3.05) is 0 Å². The summed E-state index contributed by atoms with van der Waals surface area (Å²) in [6.45, 7) is 0. The largest absolute Gasteiger partial charge is 0.457 e. The van der Waals surface area contributed by atoms with Gasteiger partial charge in [-0.15, -0.1) is 0 Å². The molecule has 21 heavy (non-hydrogen) atoms. The van der Waals surface area contributed by atoms with Crippen molar-refractivity contribution >= 4 is 37.7 Å². The quantitative estimate of drug-likeness (QED) is 0.554. The zero-order valence-corrected chi connectivity index (χ0v) is 12.7. The van der Waals surface area contributed by atoms with Crippen LogP contribution in [0.5, 0.6) is 0 Å². The van der Waals surface area contributed by atoms with E-state index in [1.54, 1.807) is 6.26 Å². The molecule has 2 heterocycles. The van der Waals surface area contributed by atoms with Gasteiger partial charge in [-0.3, -0.25) is 0 Å². The van der Waals surface area contributed by atoms with E-state index >= 15 is 0 Å². The van der Waals surface area contributed by atoms with Gasteiger partial charge in [0.05, 0.1) is 12.3 Å². The Morgan fingerprint density at radius 2 is 1.81 bits per heavy atom. The minimum Gasteiger partial charge on any atom is -0.457 e. The number of H-pyrrole nitrogens is 1. The fourth-order valence-electron chi connectivity index (χ4n) is 2.77. The number of hydrogen-bond donors (Lipinski definition) is 2. The van der Waals surface area contributed by atoms with Crippen molar-refractivity contribution in [3.8, 4) is 0 Å². The maximum atomic E-state index is 6.37. The maximum absolute atomic E-state index is 6.37. The SMILES string of the molecule is NC(c1ccc2[nH]c3ccccc3c2c1)c1ccoc1Br. The fourth-order valence-corrected chi connectivity index (χ4v) is 3.25. The minimum atomic E-state index is -0.212. The number of fused-ring (bicyclic) bond motifs is 3.